The molecule has 1 aromatic heterocycles. The second-order valence-corrected chi connectivity index (χ2v) is 5.83. The van der Waals surface area contributed by atoms with Crippen molar-refractivity contribution >= 4 is 5.95 Å². The Morgan fingerprint density at radius 3 is 2.80 bits per heavy atom. The molecule has 8 heteroatoms. The van der Waals surface area contributed by atoms with E-state index in [4.69, 9.17) is 14.2 Å². The zero-order chi connectivity index (χ0) is 17.6. The van der Waals surface area contributed by atoms with Crippen LogP contribution in [0.2, 0.25) is 0 Å². The highest BCUT2D eigenvalue weighted by Gasteiger charge is 2.15. The summed E-state index contributed by atoms with van der Waals surface area (Å²) in [7, 11) is 3.15. The lowest BCUT2D eigenvalue weighted by molar-refractivity contribution is 0.120. The predicted octanol–water partition coefficient (Wildman–Crippen LogP) is 1.36. The van der Waals surface area contributed by atoms with Gasteiger partial charge in [0.25, 0.3) is 5.56 Å². The zero-order valence-corrected chi connectivity index (χ0v) is 14.4. The lowest BCUT2D eigenvalue weighted by atomic mass is 10.1. The first-order chi connectivity index (χ1) is 12.2. The van der Waals surface area contributed by atoms with Gasteiger partial charge in [-0.1, -0.05) is 6.07 Å². The number of rotatable bonds is 7. The number of ether oxygens (including phenoxy) is 3. The molecule has 1 aromatic carbocycles. The van der Waals surface area contributed by atoms with E-state index in [1.807, 2.05) is 12.1 Å². The highest BCUT2D eigenvalue weighted by molar-refractivity contribution is 5.43. The summed E-state index contributed by atoms with van der Waals surface area (Å²) in [4.78, 5) is 15.0. The molecule has 0 radical (unpaired) electrons. The number of hydrogen-bond donors (Lipinski definition) is 2. The standard InChI is InChI=1S/C17H22N4O4/c1-23-14-6-5-11(9-15(14)24-2)8-13-16(22)19-17(21-20-13)18-10-12-4-3-7-25-12/h5-6,9,12H,3-4,7-8,10H2,1-2H3,(H2,18,19,21,22)/t12-/m0/s1. The quantitative estimate of drug-likeness (QED) is 0.781. The van der Waals surface area contributed by atoms with Crippen molar-refractivity contribution in [2.75, 3.05) is 32.7 Å². The van der Waals surface area contributed by atoms with Gasteiger partial charge in [-0.15, -0.1) is 10.2 Å². The fraction of sp³-hybridized carbons (Fsp3) is 0.471. The summed E-state index contributed by atoms with van der Waals surface area (Å²) in [6.45, 7) is 1.40. The third-order valence-corrected chi connectivity index (χ3v) is 4.11. The van der Waals surface area contributed by atoms with Crippen LogP contribution in [0.3, 0.4) is 0 Å². The van der Waals surface area contributed by atoms with Crippen LogP contribution in [-0.4, -0.2) is 48.7 Å². The number of anilines is 1. The minimum Gasteiger partial charge on any atom is -0.493 e. The molecule has 1 saturated heterocycles. The molecule has 0 saturated carbocycles. The third-order valence-electron chi connectivity index (χ3n) is 4.11. The van der Waals surface area contributed by atoms with Gasteiger partial charge >= 0.3 is 0 Å². The first-order valence-electron chi connectivity index (χ1n) is 8.22. The van der Waals surface area contributed by atoms with Crippen LogP contribution in [0.5, 0.6) is 11.5 Å². The number of hydrogen-bond acceptors (Lipinski definition) is 7. The highest BCUT2D eigenvalue weighted by atomic mass is 16.5. The number of methoxy groups -OCH3 is 2. The molecule has 0 bridgehead atoms. The first kappa shape index (κ1) is 17.2. The van der Waals surface area contributed by atoms with E-state index in [2.05, 4.69) is 20.5 Å². The second-order valence-electron chi connectivity index (χ2n) is 5.83. The van der Waals surface area contributed by atoms with Crippen molar-refractivity contribution in [1.82, 2.24) is 15.2 Å². The van der Waals surface area contributed by atoms with Crippen molar-refractivity contribution in [3.05, 3.63) is 39.8 Å². The molecule has 0 aliphatic carbocycles. The maximum atomic E-state index is 12.2. The number of benzene rings is 1. The zero-order valence-electron chi connectivity index (χ0n) is 14.4. The molecule has 1 fully saturated rings. The molecule has 0 spiro atoms. The van der Waals surface area contributed by atoms with E-state index in [0.29, 0.717) is 36.1 Å². The van der Waals surface area contributed by atoms with Crippen LogP contribution in [0, 0.1) is 0 Å². The van der Waals surface area contributed by atoms with Crippen LogP contribution in [0.15, 0.2) is 23.0 Å². The minimum atomic E-state index is -0.264. The van der Waals surface area contributed by atoms with Crippen molar-refractivity contribution in [3.63, 3.8) is 0 Å². The molecule has 1 aliphatic rings. The average Bonchev–Trinajstić information content (AvgIpc) is 3.15. The fourth-order valence-electron chi connectivity index (χ4n) is 2.76. The molecular formula is C17H22N4O4. The number of aromatic amines is 1. The van der Waals surface area contributed by atoms with Crippen molar-refractivity contribution in [3.8, 4) is 11.5 Å². The number of aromatic nitrogens is 3. The summed E-state index contributed by atoms with van der Waals surface area (Å²) in [5, 5.41) is 11.2. The largest absolute Gasteiger partial charge is 0.493 e. The lowest BCUT2D eigenvalue weighted by Gasteiger charge is -2.11. The monoisotopic (exact) mass is 346 g/mol. The Labute approximate surface area is 145 Å². The van der Waals surface area contributed by atoms with E-state index >= 15 is 0 Å². The molecule has 0 unspecified atom stereocenters. The summed E-state index contributed by atoms with van der Waals surface area (Å²) >= 11 is 0. The molecule has 3 rings (SSSR count). The maximum absolute atomic E-state index is 12.2. The Balaban J connectivity index is 1.67. The summed E-state index contributed by atoms with van der Waals surface area (Å²) < 4.78 is 16.0. The molecule has 2 heterocycles. The predicted molar refractivity (Wildman–Crippen MR) is 92.5 cm³/mol. The normalized spacial score (nSPS) is 16.6. The van der Waals surface area contributed by atoms with Crippen molar-refractivity contribution < 1.29 is 14.2 Å². The van der Waals surface area contributed by atoms with Gasteiger partial charge in [-0.05, 0) is 30.5 Å². The van der Waals surface area contributed by atoms with Crippen LogP contribution in [-0.2, 0) is 11.2 Å². The van der Waals surface area contributed by atoms with Gasteiger partial charge in [0.2, 0.25) is 5.95 Å². The smallest absolute Gasteiger partial charge is 0.274 e. The molecule has 8 nitrogen and oxygen atoms in total. The minimum absolute atomic E-state index is 0.164. The summed E-state index contributed by atoms with van der Waals surface area (Å²) in [6, 6.07) is 5.49. The molecule has 2 aromatic rings. The number of nitrogens with one attached hydrogen (secondary N) is 2. The highest BCUT2D eigenvalue weighted by Crippen LogP contribution is 2.28. The van der Waals surface area contributed by atoms with E-state index in [0.717, 1.165) is 25.0 Å². The Hall–Kier alpha value is -2.61. The maximum Gasteiger partial charge on any atom is 0.274 e. The van der Waals surface area contributed by atoms with Gasteiger partial charge in [-0.25, -0.2) is 0 Å². The lowest BCUT2D eigenvalue weighted by Crippen LogP contribution is -2.24. The Morgan fingerprint density at radius 2 is 2.12 bits per heavy atom. The topological polar surface area (TPSA) is 98.4 Å². The summed E-state index contributed by atoms with van der Waals surface area (Å²) in [5.41, 5.74) is 0.965. The summed E-state index contributed by atoms with van der Waals surface area (Å²) in [5.74, 6) is 1.61. The van der Waals surface area contributed by atoms with Crippen LogP contribution in [0.1, 0.15) is 24.1 Å². The molecule has 134 valence electrons. The van der Waals surface area contributed by atoms with Gasteiger partial charge in [0, 0.05) is 19.6 Å². The van der Waals surface area contributed by atoms with Crippen LogP contribution in [0.25, 0.3) is 0 Å². The SMILES string of the molecule is COc1ccc(Cc2nnc(NC[C@@H]3CCCO3)[nH]c2=O)cc1OC. The molecule has 1 atom stereocenters. The van der Waals surface area contributed by atoms with Gasteiger partial charge in [-0.3, -0.25) is 9.78 Å². The second kappa shape index (κ2) is 7.98. The van der Waals surface area contributed by atoms with Gasteiger partial charge in [0.05, 0.1) is 20.3 Å². The van der Waals surface area contributed by atoms with Crippen molar-refractivity contribution in [2.45, 2.75) is 25.4 Å². The van der Waals surface area contributed by atoms with Crippen molar-refractivity contribution in [2.24, 2.45) is 0 Å². The Kier molecular flexibility index (Phi) is 5.49. The Morgan fingerprint density at radius 1 is 1.28 bits per heavy atom. The van der Waals surface area contributed by atoms with E-state index in [-0.39, 0.29) is 11.7 Å². The Bertz CT molecular complexity index is 771. The third kappa shape index (κ3) is 4.27. The van der Waals surface area contributed by atoms with E-state index in [9.17, 15) is 4.79 Å². The van der Waals surface area contributed by atoms with Crippen LogP contribution in [0.4, 0.5) is 5.95 Å². The van der Waals surface area contributed by atoms with Crippen LogP contribution >= 0.6 is 0 Å². The fourth-order valence-corrected chi connectivity index (χ4v) is 2.76. The van der Waals surface area contributed by atoms with E-state index in [1.165, 1.54) is 0 Å². The van der Waals surface area contributed by atoms with E-state index in [1.54, 1.807) is 20.3 Å². The summed E-state index contributed by atoms with van der Waals surface area (Å²) in [6.07, 6.45) is 2.60. The number of nitrogens with zero attached hydrogens (tertiary/aromatic N) is 2. The van der Waals surface area contributed by atoms with Gasteiger partial charge < -0.3 is 19.5 Å². The molecule has 2 N–H and O–H groups in total. The van der Waals surface area contributed by atoms with Crippen molar-refractivity contribution in [1.29, 1.82) is 0 Å². The van der Waals surface area contributed by atoms with Gasteiger partial charge in [0.15, 0.2) is 11.5 Å². The van der Waals surface area contributed by atoms with E-state index < -0.39 is 0 Å². The van der Waals surface area contributed by atoms with Crippen LogP contribution < -0.4 is 20.3 Å². The number of H-pyrrole nitrogens is 1. The van der Waals surface area contributed by atoms with Gasteiger partial charge in [-0.2, -0.15) is 0 Å². The molecular weight excluding hydrogens is 324 g/mol. The molecule has 0 amide bonds. The molecule has 1 aliphatic heterocycles. The first-order valence-corrected chi connectivity index (χ1v) is 8.22. The van der Waals surface area contributed by atoms with Gasteiger partial charge in [0.1, 0.15) is 5.69 Å². The molecule has 25 heavy (non-hydrogen) atoms. The average molecular weight is 346 g/mol.